The van der Waals surface area contributed by atoms with Crippen LogP contribution in [0.15, 0.2) is 47.8 Å². The second-order valence-electron chi connectivity index (χ2n) is 6.50. The van der Waals surface area contributed by atoms with Gasteiger partial charge in [-0.05, 0) is 31.2 Å². The van der Waals surface area contributed by atoms with Gasteiger partial charge in [0.1, 0.15) is 40.9 Å². The van der Waals surface area contributed by atoms with Gasteiger partial charge in [0.05, 0.1) is 29.3 Å². The normalized spacial score (nSPS) is 11.4. The van der Waals surface area contributed by atoms with Gasteiger partial charge < -0.3 is 15.2 Å². The Balaban J connectivity index is 1.96. The van der Waals surface area contributed by atoms with Crippen LogP contribution in [-0.4, -0.2) is 34.8 Å². The van der Waals surface area contributed by atoms with Gasteiger partial charge in [0.15, 0.2) is 0 Å². The number of ether oxygens (including phenoxy) is 2. The van der Waals surface area contributed by atoms with E-state index in [9.17, 15) is 10.5 Å². The van der Waals surface area contributed by atoms with Crippen molar-refractivity contribution < 1.29 is 9.47 Å². The van der Waals surface area contributed by atoms with E-state index in [0.717, 1.165) is 5.69 Å². The van der Waals surface area contributed by atoms with Gasteiger partial charge in [-0.2, -0.15) is 10.5 Å². The quantitative estimate of drug-likeness (QED) is 0.531. The van der Waals surface area contributed by atoms with Crippen LogP contribution >= 0.6 is 11.8 Å². The number of pyridine rings is 3. The van der Waals surface area contributed by atoms with E-state index < -0.39 is 0 Å². The summed E-state index contributed by atoms with van der Waals surface area (Å²) in [7, 11) is 1.61. The van der Waals surface area contributed by atoms with E-state index in [1.165, 1.54) is 18.0 Å². The molecule has 0 aliphatic heterocycles. The third-order valence-electron chi connectivity index (χ3n) is 4.38. The summed E-state index contributed by atoms with van der Waals surface area (Å²) in [5, 5.41) is 19.9. The molecule has 31 heavy (non-hydrogen) atoms. The molecule has 0 bridgehead atoms. The van der Waals surface area contributed by atoms with Gasteiger partial charge in [-0.3, -0.25) is 9.97 Å². The lowest BCUT2D eigenvalue weighted by molar-refractivity contribution is 0.0715. The average molecular weight is 433 g/mol. The summed E-state index contributed by atoms with van der Waals surface area (Å²) in [4.78, 5) is 13.0. The predicted molar refractivity (Wildman–Crippen MR) is 117 cm³/mol. The molecule has 156 valence electrons. The van der Waals surface area contributed by atoms with Gasteiger partial charge >= 0.3 is 0 Å². The van der Waals surface area contributed by atoms with Crippen LogP contribution in [0.3, 0.4) is 0 Å². The van der Waals surface area contributed by atoms with Gasteiger partial charge in [-0.25, -0.2) is 4.98 Å². The number of methoxy groups -OCH3 is 1. The number of aromatic nitrogens is 3. The molecule has 2 N–H and O–H groups in total. The topological polar surface area (TPSA) is 131 Å². The summed E-state index contributed by atoms with van der Waals surface area (Å²) in [6.07, 6.45) is 3.18. The maximum atomic E-state index is 9.86. The van der Waals surface area contributed by atoms with Gasteiger partial charge in [-0.15, -0.1) is 0 Å². The summed E-state index contributed by atoms with van der Waals surface area (Å²) in [6.45, 7) is 2.27. The number of nitrogens with two attached hydrogens (primary N) is 1. The molecule has 3 rings (SSSR count). The lowest BCUT2D eigenvalue weighted by Crippen LogP contribution is -2.15. The van der Waals surface area contributed by atoms with Crippen molar-refractivity contribution >= 4 is 17.6 Å². The third kappa shape index (κ3) is 5.28. The minimum absolute atomic E-state index is 0.0519. The Morgan fingerprint density at radius 2 is 1.94 bits per heavy atom. The van der Waals surface area contributed by atoms with Crippen LogP contribution in [0.4, 0.5) is 5.82 Å². The number of rotatable bonds is 8. The summed E-state index contributed by atoms with van der Waals surface area (Å²) >= 11 is 1.33. The van der Waals surface area contributed by atoms with Crippen LogP contribution < -0.4 is 10.5 Å². The Hall–Kier alpha value is -3.66. The molecule has 3 heterocycles. The summed E-state index contributed by atoms with van der Waals surface area (Å²) < 4.78 is 10.8. The minimum Gasteiger partial charge on any atom is -0.489 e. The van der Waals surface area contributed by atoms with Gasteiger partial charge in [0.25, 0.3) is 0 Å². The van der Waals surface area contributed by atoms with Gasteiger partial charge in [-0.1, -0.05) is 17.8 Å². The Kier molecular flexibility index (Phi) is 7.39. The number of anilines is 1. The second kappa shape index (κ2) is 10.4. The minimum atomic E-state index is -0.0613. The molecule has 8 nitrogen and oxygen atoms in total. The molecule has 0 amide bonds. The SMILES string of the molecule is CO[C@H](C)COc1ccc(-c2c(C#N)c(N)nc(SCc3ccccn3)c2C#N)nc1. The first-order valence-electron chi connectivity index (χ1n) is 9.35. The largest absolute Gasteiger partial charge is 0.489 e. The van der Waals surface area contributed by atoms with Gasteiger partial charge in [0.2, 0.25) is 0 Å². The first kappa shape index (κ1) is 22.0. The Morgan fingerprint density at radius 1 is 1.13 bits per heavy atom. The van der Waals surface area contributed by atoms with E-state index in [4.69, 9.17) is 15.2 Å². The van der Waals surface area contributed by atoms with Crippen molar-refractivity contribution in [2.45, 2.75) is 23.8 Å². The smallest absolute Gasteiger partial charge is 0.143 e. The highest BCUT2D eigenvalue weighted by atomic mass is 32.2. The van der Waals surface area contributed by atoms with Crippen LogP contribution in [0, 0.1) is 22.7 Å². The van der Waals surface area contributed by atoms with Crippen molar-refractivity contribution in [1.82, 2.24) is 15.0 Å². The Labute approximate surface area is 184 Å². The molecule has 0 saturated carbocycles. The molecule has 0 radical (unpaired) electrons. The molecular formula is C22H20N6O2S. The maximum Gasteiger partial charge on any atom is 0.143 e. The molecule has 9 heteroatoms. The molecule has 0 fully saturated rings. The highest BCUT2D eigenvalue weighted by Gasteiger charge is 2.21. The average Bonchev–Trinajstić information content (AvgIpc) is 2.81. The molecule has 0 aromatic carbocycles. The molecule has 3 aromatic rings. The molecule has 0 saturated heterocycles. The van der Waals surface area contributed by atoms with Crippen LogP contribution in [0.1, 0.15) is 23.7 Å². The molecule has 0 aliphatic carbocycles. The number of nitrogen functional groups attached to an aromatic ring is 1. The zero-order valence-electron chi connectivity index (χ0n) is 17.1. The lowest BCUT2D eigenvalue weighted by Gasteiger charge is -2.14. The zero-order chi connectivity index (χ0) is 22.2. The number of nitrogens with zero attached hydrogens (tertiary/aromatic N) is 5. The van der Waals surface area contributed by atoms with E-state index in [1.54, 1.807) is 25.4 Å². The predicted octanol–water partition coefficient (Wildman–Crippen LogP) is 3.57. The first-order chi connectivity index (χ1) is 15.1. The number of thioether (sulfide) groups is 1. The Morgan fingerprint density at radius 3 is 2.55 bits per heavy atom. The fourth-order valence-electron chi connectivity index (χ4n) is 2.68. The van der Waals surface area contributed by atoms with E-state index in [2.05, 4.69) is 27.1 Å². The fourth-order valence-corrected chi connectivity index (χ4v) is 3.59. The van der Waals surface area contributed by atoms with Crippen molar-refractivity contribution in [3.8, 4) is 29.1 Å². The van der Waals surface area contributed by atoms with E-state index in [-0.39, 0.29) is 23.0 Å². The highest BCUT2D eigenvalue weighted by molar-refractivity contribution is 7.98. The van der Waals surface area contributed by atoms with Crippen LogP contribution in [0.5, 0.6) is 5.75 Å². The van der Waals surface area contributed by atoms with Gasteiger partial charge in [0, 0.05) is 24.6 Å². The Bertz CT molecular complexity index is 1120. The maximum absolute atomic E-state index is 9.86. The standard InChI is InChI=1S/C22H20N6O2S/c1-14(29-2)12-30-16-6-7-19(27-11-16)20-17(9-23)21(25)28-22(18(20)10-24)31-13-15-5-3-4-8-26-15/h3-8,11,14H,12-13H2,1-2H3,(H2,25,28)/t14-/m1/s1. The summed E-state index contributed by atoms with van der Waals surface area (Å²) in [5.41, 5.74) is 8.06. The molecule has 0 unspecified atom stereocenters. The molecule has 3 aromatic heterocycles. The van der Waals surface area contributed by atoms with E-state index in [1.807, 2.05) is 25.1 Å². The first-order valence-corrected chi connectivity index (χ1v) is 10.3. The fraction of sp³-hybridized carbons (Fsp3) is 0.227. The van der Waals surface area contributed by atoms with E-state index in [0.29, 0.717) is 34.4 Å². The highest BCUT2D eigenvalue weighted by Crippen LogP contribution is 2.36. The zero-order valence-corrected chi connectivity index (χ0v) is 17.9. The molecule has 0 aliphatic rings. The second-order valence-corrected chi connectivity index (χ2v) is 7.46. The summed E-state index contributed by atoms with van der Waals surface area (Å²) in [5.74, 6) is 1.11. The van der Waals surface area contributed by atoms with Crippen LogP contribution in [0.2, 0.25) is 0 Å². The lowest BCUT2D eigenvalue weighted by atomic mass is 10.0. The van der Waals surface area contributed by atoms with Crippen molar-refractivity contribution in [3.05, 3.63) is 59.5 Å². The van der Waals surface area contributed by atoms with Crippen LogP contribution in [-0.2, 0) is 10.5 Å². The summed E-state index contributed by atoms with van der Waals surface area (Å²) in [6, 6.07) is 13.2. The van der Waals surface area contributed by atoms with Crippen molar-refractivity contribution in [1.29, 1.82) is 10.5 Å². The number of hydrogen-bond acceptors (Lipinski definition) is 9. The monoisotopic (exact) mass is 432 g/mol. The number of hydrogen-bond donors (Lipinski definition) is 1. The molecular weight excluding hydrogens is 412 g/mol. The molecule has 1 atom stereocenters. The molecule has 0 spiro atoms. The van der Waals surface area contributed by atoms with Crippen LogP contribution in [0.25, 0.3) is 11.3 Å². The number of nitriles is 2. The van der Waals surface area contributed by atoms with Crippen molar-refractivity contribution in [2.75, 3.05) is 19.5 Å². The van der Waals surface area contributed by atoms with Crippen molar-refractivity contribution in [2.24, 2.45) is 0 Å². The van der Waals surface area contributed by atoms with E-state index >= 15 is 0 Å². The third-order valence-corrected chi connectivity index (χ3v) is 5.39. The van der Waals surface area contributed by atoms with Crippen molar-refractivity contribution in [3.63, 3.8) is 0 Å².